The first-order valence-electron chi connectivity index (χ1n) is 4.56. The van der Waals surface area contributed by atoms with Crippen LogP contribution in [-0.2, 0) is 4.79 Å². The van der Waals surface area contributed by atoms with Crippen LogP contribution in [0.4, 0.5) is 5.69 Å². The van der Waals surface area contributed by atoms with Crippen LogP contribution in [-0.4, -0.2) is 18.3 Å². The Morgan fingerprint density at radius 3 is 2.73 bits per heavy atom. The third kappa shape index (κ3) is 1.94. The number of nitrogens with zero attached hydrogens (tertiary/aromatic N) is 2. The van der Waals surface area contributed by atoms with E-state index in [-0.39, 0.29) is 11.9 Å². The van der Waals surface area contributed by atoms with Crippen LogP contribution in [0.25, 0.3) is 0 Å². The molecule has 15 heavy (non-hydrogen) atoms. The van der Waals surface area contributed by atoms with Crippen molar-refractivity contribution in [1.82, 2.24) is 5.43 Å². The average Bonchev–Trinajstić information content (AvgIpc) is 2.24. The second-order valence-corrected chi connectivity index (χ2v) is 3.67. The summed E-state index contributed by atoms with van der Waals surface area (Å²) in [5.41, 5.74) is 3.54. The van der Waals surface area contributed by atoms with E-state index in [4.69, 9.17) is 11.6 Å². The molecule has 2 rings (SSSR count). The number of hydrogen-bond donors (Lipinski definition) is 1. The third-order valence-electron chi connectivity index (χ3n) is 2.15. The minimum atomic E-state index is -0.345. The predicted octanol–water partition coefficient (Wildman–Crippen LogP) is 1.61. The van der Waals surface area contributed by atoms with Crippen LogP contribution in [0.15, 0.2) is 29.3 Å². The molecule has 1 aromatic carbocycles. The van der Waals surface area contributed by atoms with Crippen LogP contribution in [0.1, 0.15) is 6.92 Å². The first kappa shape index (κ1) is 9.98. The van der Waals surface area contributed by atoms with Crippen molar-refractivity contribution in [2.45, 2.75) is 13.0 Å². The van der Waals surface area contributed by atoms with Gasteiger partial charge in [-0.3, -0.25) is 15.2 Å². The summed E-state index contributed by atoms with van der Waals surface area (Å²) in [5, 5.41) is 2.10. The molecule has 1 atom stereocenters. The van der Waals surface area contributed by atoms with Crippen molar-refractivity contribution in [3.63, 3.8) is 0 Å². The summed E-state index contributed by atoms with van der Waals surface area (Å²) >= 11 is 5.77. The number of hydrogen-bond acceptors (Lipinski definition) is 3. The van der Waals surface area contributed by atoms with E-state index in [9.17, 15) is 4.79 Å². The van der Waals surface area contributed by atoms with Gasteiger partial charge in [-0.2, -0.15) is 0 Å². The van der Waals surface area contributed by atoms with E-state index in [0.29, 0.717) is 5.02 Å². The third-order valence-corrected chi connectivity index (χ3v) is 2.40. The minimum Gasteiger partial charge on any atom is -0.281 e. The molecule has 1 aliphatic rings. The number of amides is 1. The molecule has 0 aromatic heterocycles. The first-order chi connectivity index (χ1) is 7.18. The van der Waals surface area contributed by atoms with Crippen molar-refractivity contribution in [2.75, 3.05) is 5.01 Å². The number of aliphatic imine (C=N–C) groups is 1. The molecule has 1 N–H and O–H groups in total. The fourth-order valence-corrected chi connectivity index (χ4v) is 1.44. The van der Waals surface area contributed by atoms with E-state index in [1.807, 2.05) is 0 Å². The molecule has 0 fully saturated rings. The molecule has 4 nitrogen and oxygen atoms in total. The molecule has 0 bridgehead atoms. The first-order valence-corrected chi connectivity index (χ1v) is 4.93. The number of halogens is 1. The highest BCUT2D eigenvalue weighted by Gasteiger charge is 2.23. The molecule has 0 radical (unpaired) electrons. The Hall–Kier alpha value is -1.55. The fourth-order valence-electron chi connectivity index (χ4n) is 1.31. The zero-order valence-electron chi connectivity index (χ0n) is 8.14. The summed E-state index contributed by atoms with van der Waals surface area (Å²) in [6, 6.07) is 6.69. The average molecular weight is 224 g/mol. The van der Waals surface area contributed by atoms with Gasteiger partial charge in [-0.1, -0.05) is 11.6 Å². The number of anilines is 1. The van der Waals surface area contributed by atoms with Crippen LogP contribution in [0.5, 0.6) is 0 Å². The van der Waals surface area contributed by atoms with Gasteiger partial charge >= 0.3 is 0 Å². The Bertz CT molecular complexity index is 402. The molecule has 1 unspecified atom stereocenters. The highest BCUT2D eigenvalue weighted by atomic mass is 35.5. The van der Waals surface area contributed by atoms with Gasteiger partial charge in [0, 0.05) is 5.02 Å². The van der Waals surface area contributed by atoms with Crippen molar-refractivity contribution in [1.29, 1.82) is 0 Å². The molecule has 0 saturated carbocycles. The van der Waals surface area contributed by atoms with Crippen molar-refractivity contribution in [2.24, 2.45) is 4.99 Å². The molecular weight excluding hydrogens is 214 g/mol. The maximum absolute atomic E-state index is 11.7. The van der Waals surface area contributed by atoms with Gasteiger partial charge in [-0.15, -0.1) is 0 Å². The summed E-state index contributed by atoms with van der Waals surface area (Å²) in [6.45, 7) is 1.75. The normalized spacial score (nSPS) is 20.3. The van der Waals surface area contributed by atoms with E-state index < -0.39 is 0 Å². The maximum Gasteiger partial charge on any atom is 0.270 e. The molecule has 0 aliphatic carbocycles. The lowest BCUT2D eigenvalue weighted by atomic mass is 10.2. The Balaban J connectivity index is 2.28. The Labute approximate surface area is 92.5 Å². The minimum absolute atomic E-state index is 0.0835. The summed E-state index contributed by atoms with van der Waals surface area (Å²) in [5.74, 6) is -0.0835. The summed E-state index contributed by atoms with van der Waals surface area (Å²) in [6.07, 6.45) is 1.51. The van der Waals surface area contributed by atoms with Gasteiger partial charge in [0.25, 0.3) is 5.91 Å². The van der Waals surface area contributed by atoms with E-state index >= 15 is 0 Å². The number of hydrazine groups is 1. The van der Waals surface area contributed by atoms with E-state index in [1.165, 1.54) is 11.3 Å². The van der Waals surface area contributed by atoms with E-state index in [1.54, 1.807) is 31.2 Å². The fraction of sp³-hybridized carbons (Fsp3) is 0.200. The van der Waals surface area contributed by atoms with Crippen LogP contribution < -0.4 is 10.4 Å². The molecule has 78 valence electrons. The Morgan fingerprint density at radius 2 is 2.07 bits per heavy atom. The molecule has 5 heteroatoms. The lowest BCUT2D eigenvalue weighted by molar-refractivity contribution is -0.120. The number of nitrogens with one attached hydrogen (secondary N) is 1. The summed E-state index contributed by atoms with van der Waals surface area (Å²) in [4.78, 5) is 15.7. The molecule has 1 heterocycles. The summed E-state index contributed by atoms with van der Waals surface area (Å²) < 4.78 is 0. The van der Waals surface area contributed by atoms with Gasteiger partial charge in [0.05, 0.1) is 5.69 Å². The van der Waals surface area contributed by atoms with E-state index in [2.05, 4.69) is 10.4 Å². The number of benzene rings is 1. The van der Waals surface area contributed by atoms with Crippen molar-refractivity contribution >= 4 is 29.5 Å². The van der Waals surface area contributed by atoms with Gasteiger partial charge < -0.3 is 0 Å². The van der Waals surface area contributed by atoms with Crippen LogP contribution in [0.2, 0.25) is 5.02 Å². The lowest BCUT2D eigenvalue weighted by Crippen LogP contribution is -2.50. The number of rotatable bonds is 1. The zero-order chi connectivity index (χ0) is 10.8. The van der Waals surface area contributed by atoms with E-state index in [0.717, 1.165) is 5.69 Å². The SMILES string of the molecule is CC1N=CNN(c2ccc(Cl)cc2)C1=O. The molecule has 1 aliphatic heterocycles. The zero-order valence-corrected chi connectivity index (χ0v) is 8.90. The molecule has 1 amide bonds. The second-order valence-electron chi connectivity index (χ2n) is 3.23. The molecule has 0 spiro atoms. The van der Waals surface area contributed by atoms with Crippen LogP contribution in [0.3, 0.4) is 0 Å². The van der Waals surface area contributed by atoms with Crippen molar-refractivity contribution in [3.8, 4) is 0 Å². The largest absolute Gasteiger partial charge is 0.281 e. The lowest BCUT2D eigenvalue weighted by Gasteiger charge is -2.27. The van der Waals surface area contributed by atoms with Gasteiger partial charge in [-0.25, -0.2) is 5.01 Å². The van der Waals surface area contributed by atoms with Crippen molar-refractivity contribution in [3.05, 3.63) is 29.3 Å². The van der Waals surface area contributed by atoms with Gasteiger partial charge in [0.1, 0.15) is 12.4 Å². The predicted molar refractivity (Wildman–Crippen MR) is 60.0 cm³/mol. The van der Waals surface area contributed by atoms with Crippen LogP contribution >= 0.6 is 11.6 Å². The van der Waals surface area contributed by atoms with Gasteiger partial charge in [0.2, 0.25) is 0 Å². The van der Waals surface area contributed by atoms with Crippen molar-refractivity contribution < 1.29 is 4.79 Å². The second kappa shape index (κ2) is 3.90. The monoisotopic (exact) mass is 223 g/mol. The molecule has 1 aromatic rings. The standard InChI is InChI=1S/C10H10ClN3O/c1-7-10(15)14(13-6-12-7)9-4-2-8(11)3-5-9/h2-7H,1H3,(H,12,13). The number of carbonyl (C=O) groups excluding carboxylic acids is 1. The molecule has 0 saturated heterocycles. The maximum atomic E-state index is 11.7. The highest BCUT2D eigenvalue weighted by molar-refractivity contribution is 6.30. The Morgan fingerprint density at radius 1 is 1.40 bits per heavy atom. The summed E-state index contributed by atoms with van der Waals surface area (Å²) in [7, 11) is 0. The van der Waals surface area contributed by atoms with Gasteiger partial charge in [-0.05, 0) is 31.2 Å². The topological polar surface area (TPSA) is 44.7 Å². The van der Waals surface area contributed by atoms with Crippen LogP contribution in [0, 0.1) is 0 Å². The smallest absolute Gasteiger partial charge is 0.270 e. The number of carbonyl (C=O) groups is 1. The molecular formula is C10H10ClN3O. The Kier molecular flexibility index (Phi) is 2.60. The quantitative estimate of drug-likeness (QED) is 0.786. The van der Waals surface area contributed by atoms with Gasteiger partial charge in [0.15, 0.2) is 0 Å². The highest BCUT2D eigenvalue weighted by Crippen LogP contribution is 2.18.